The lowest BCUT2D eigenvalue weighted by molar-refractivity contribution is -0.147. The van der Waals surface area contributed by atoms with Crippen molar-refractivity contribution in [1.29, 1.82) is 0 Å². The number of hydrogen-bond donors (Lipinski definition) is 1. The van der Waals surface area contributed by atoms with E-state index in [-0.39, 0.29) is 5.41 Å². The molecule has 1 aliphatic rings. The SMILES string of the molecule is COc1cc(C)c(C2(C(=O)O)CCC2)cc1C(C)(C)C. The maximum Gasteiger partial charge on any atom is 0.314 e. The first-order chi connectivity index (χ1) is 9.22. The first-order valence-electron chi connectivity index (χ1n) is 7.15. The summed E-state index contributed by atoms with van der Waals surface area (Å²) in [4.78, 5) is 11.7. The van der Waals surface area contributed by atoms with Gasteiger partial charge in [0.05, 0.1) is 12.5 Å². The van der Waals surface area contributed by atoms with Crippen molar-refractivity contribution in [2.75, 3.05) is 7.11 Å². The Morgan fingerprint density at radius 2 is 1.90 bits per heavy atom. The minimum Gasteiger partial charge on any atom is -0.496 e. The van der Waals surface area contributed by atoms with Crippen LogP contribution in [-0.4, -0.2) is 18.2 Å². The molecule has 0 radical (unpaired) electrons. The average Bonchev–Trinajstić information content (AvgIpc) is 2.27. The third-order valence-electron chi connectivity index (χ3n) is 4.49. The second kappa shape index (κ2) is 4.80. The quantitative estimate of drug-likeness (QED) is 0.913. The van der Waals surface area contributed by atoms with Crippen molar-refractivity contribution in [1.82, 2.24) is 0 Å². The summed E-state index contributed by atoms with van der Waals surface area (Å²) in [5.41, 5.74) is 2.29. The monoisotopic (exact) mass is 276 g/mol. The molecular formula is C17H24O3. The number of rotatable bonds is 3. The van der Waals surface area contributed by atoms with Crippen molar-refractivity contribution in [2.24, 2.45) is 0 Å². The molecule has 1 N–H and O–H groups in total. The number of carboxylic acid groups (broad SMARTS) is 1. The van der Waals surface area contributed by atoms with E-state index in [4.69, 9.17) is 4.74 Å². The maximum absolute atomic E-state index is 11.7. The average molecular weight is 276 g/mol. The predicted molar refractivity (Wildman–Crippen MR) is 79.6 cm³/mol. The summed E-state index contributed by atoms with van der Waals surface area (Å²) in [5, 5.41) is 9.65. The van der Waals surface area contributed by atoms with Crippen LogP contribution in [-0.2, 0) is 15.6 Å². The van der Waals surface area contributed by atoms with Gasteiger partial charge >= 0.3 is 5.97 Å². The number of aryl methyl sites for hydroxylation is 1. The Hall–Kier alpha value is -1.51. The number of aliphatic carboxylic acids is 1. The van der Waals surface area contributed by atoms with Crippen LogP contribution < -0.4 is 4.74 Å². The molecule has 20 heavy (non-hydrogen) atoms. The number of ether oxygens (including phenoxy) is 1. The second-order valence-electron chi connectivity index (χ2n) is 6.86. The van der Waals surface area contributed by atoms with Crippen LogP contribution in [0.1, 0.15) is 56.7 Å². The number of carbonyl (C=O) groups is 1. The number of methoxy groups -OCH3 is 1. The topological polar surface area (TPSA) is 46.5 Å². The van der Waals surface area contributed by atoms with E-state index in [1.807, 2.05) is 13.0 Å². The van der Waals surface area contributed by atoms with Crippen molar-refractivity contribution in [3.8, 4) is 5.75 Å². The molecule has 0 heterocycles. The minimum atomic E-state index is -0.697. The van der Waals surface area contributed by atoms with E-state index >= 15 is 0 Å². The van der Waals surface area contributed by atoms with Crippen LogP contribution in [0.15, 0.2) is 12.1 Å². The predicted octanol–water partition coefficient (Wildman–Crippen LogP) is 3.81. The van der Waals surface area contributed by atoms with Gasteiger partial charge in [-0.05, 0) is 47.9 Å². The maximum atomic E-state index is 11.7. The standard InChI is InChI=1S/C17H24O3/c1-11-9-14(20-5)13(16(2,3)4)10-12(11)17(15(18)19)7-6-8-17/h9-10H,6-8H2,1-5H3,(H,18,19). The molecular weight excluding hydrogens is 252 g/mol. The van der Waals surface area contributed by atoms with Crippen LogP contribution in [0.5, 0.6) is 5.75 Å². The molecule has 3 nitrogen and oxygen atoms in total. The first kappa shape index (κ1) is 14.9. The number of carboxylic acids is 1. The summed E-state index contributed by atoms with van der Waals surface area (Å²) in [6.45, 7) is 8.35. The fraction of sp³-hybridized carbons (Fsp3) is 0.588. The molecule has 1 aliphatic carbocycles. The van der Waals surface area contributed by atoms with E-state index in [1.165, 1.54) is 0 Å². The Kier molecular flexibility index (Phi) is 3.57. The molecule has 1 aromatic carbocycles. The van der Waals surface area contributed by atoms with Gasteiger partial charge in [0.15, 0.2) is 0 Å². The zero-order valence-corrected chi connectivity index (χ0v) is 13.0. The van der Waals surface area contributed by atoms with E-state index in [2.05, 4.69) is 26.8 Å². The molecule has 110 valence electrons. The molecule has 1 aromatic rings. The smallest absolute Gasteiger partial charge is 0.314 e. The summed E-state index contributed by atoms with van der Waals surface area (Å²) < 4.78 is 5.49. The molecule has 0 amide bonds. The van der Waals surface area contributed by atoms with Crippen LogP contribution in [0, 0.1) is 6.92 Å². The van der Waals surface area contributed by atoms with Crippen LogP contribution >= 0.6 is 0 Å². The van der Waals surface area contributed by atoms with Gasteiger partial charge < -0.3 is 9.84 Å². The van der Waals surface area contributed by atoms with Crippen LogP contribution in [0.4, 0.5) is 0 Å². The Bertz CT molecular complexity index is 534. The number of benzene rings is 1. The molecule has 2 rings (SSSR count). The normalized spacial score (nSPS) is 17.4. The lowest BCUT2D eigenvalue weighted by atomic mass is 9.62. The summed E-state index contributed by atoms with van der Waals surface area (Å²) in [5.74, 6) is 0.149. The van der Waals surface area contributed by atoms with E-state index in [1.54, 1.807) is 7.11 Å². The minimum absolute atomic E-state index is 0.0722. The van der Waals surface area contributed by atoms with E-state index in [0.717, 1.165) is 41.7 Å². The largest absolute Gasteiger partial charge is 0.496 e. The van der Waals surface area contributed by atoms with Gasteiger partial charge in [0.2, 0.25) is 0 Å². The zero-order chi connectivity index (χ0) is 15.1. The summed E-state index contributed by atoms with van der Waals surface area (Å²) in [6, 6.07) is 4.04. The molecule has 0 atom stereocenters. The van der Waals surface area contributed by atoms with E-state index in [9.17, 15) is 9.90 Å². The highest BCUT2D eigenvalue weighted by molar-refractivity contribution is 5.83. The number of hydrogen-bond acceptors (Lipinski definition) is 2. The molecule has 0 aromatic heterocycles. The highest BCUT2D eigenvalue weighted by Gasteiger charge is 2.47. The molecule has 0 unspecified atom stereocenters. The lowest BCUT2D eigenvalue weighted by Crippen LogP contribution is -2.43. The highest BCUT2D eigenvalue weighted by Crippen LogP contribution is 2.47. The summed E-state index contributed by atoms with van der Waals surface area (Å²) >= 11 is 0. The van der Waals surface area contributed by atoms with Crippen molar-refractivity contribution in [3.05, 3.63) is 28.8 Å². The molecule has 1 fully saturated rings. The van der Waals surface area contributed by atoms with Gasteiger partial charge in [-0.1, -0.05) is 33.3 Å². The van der Waals surface area contributed by atoms with Gasteiger partial charge in [-0.25, -0.2) is 0 Å². The van der Waals surface area contributed by atoms with Crippen LogP contribution in [0.25, 0.3) is 0 Å². The van der Waals surface area contributed by atoms with Gasteiger partial charge in [0, 0.05) is 0 Å². The molecule has 0 aliphatic heterocycles. The first-order valence-corrected chi connectivity index (χ1v) is 7.15. The fourth-order valence-corrected chi connectivity index (χ4v) is 3.08. The summed E-state index contributed by atoms with van der Waals surface area (Å²) in [7, 11) is 1.67. The second-order valence-corrected chi connectivity index (χ2v) is 6.86. The molecule has 0 saturated heterocycles. The van der Waals surface area contributed by atoms with Crippen LogP contribution in [0.2, 0.25) is 0 Å². The van der Waals surface area contributed by atoms with Gasteiger partial charge in [-0.15, -0.1) is 0 Å². The third-order valence-corrected chi connectivity index (χ3v) is 4.49. The van der Waals surface area contributed by atoms with Gasteiger partial charge in [0.1, 0.15) is 5.75 Å². The van der Waals surface area contributed by atoms with Gasteiger partial charge in [-0.2, -0.15) is 0 Å². The lowest BCUT2D eigenvalue weighted by Gasteiger charge is -2.40. The summed E-state index contributed by atoms with van der Waals surface area (Å²) in [6.07, 6.45) is 2.46. The van der Waals surface area contributed by atoms with Crippen LogP contribution in [0.3, 0.4) is 0 Å². The van der Waals surface area contributed by atoms with Gasteiger partial charge in [-0.3, -0.25) is 4.79 Å². The van der Waals surface area contributed by atoms with Crippen molar-refractivity contribution in [2.45, 2.75) is 57.8 Å². The van der Waals surface area contributed by atoms with Gasteiger partial charge in [0.25, 0.3) is 0 Å². The van der Waals surface area contributed by atoms with Crippen molar-refractivity contribution >= 4 is 5.97 Å². The Morgan fingerprint density at radius 1 is 1.30 bits per heavy atom. The highest BCUT2D eigenvalue weighted by atomic mass is 16.5. The molecule has 0 spiro atoms. The molecule has 0 bridgehead atoms. The van der Waals surface area contributed by atoms with Crippen molar-refractivity contribution in [3.63, 3.8) is 0 Å². The molecule has 3 heteroatoms. The third kappa shape index (κ3) is 2.19. The molecule has 1 saturated carbocycles. The van der Waals surface area contributed by atoms with Crippen molar-refractivity contribution < 1.29 is 14.6 Å². The Labute approximate surface area is 121 Å². The van der Waals surface area contributed by atoms with E-state index in [0.29, 0.717) is 0 Å². The Balaban J connectivity index is 2.63. The zero-order valence-electron chi connectivity index (χ0n) is 13.0. The fourth-order valence-electron chi connectivity index (χ4n) is 3.08. The van der Waals surface area contributed by atoms with E-state index < -0.39 is 11.4 Å². The Morgan fingerprint density at radius 3 is 2.25 bits per heavy atom.